The molecule has 0 unspecified atom stereocenters. The largest absolute Gasteiger partial charge is 0.379 e. The number of nitrogens with zero attached hydrogens (tertiary/aromatic N) is 5. The van der Waals surface area contributed by atoms with Gasteiger partial charge in [0.15, 0.2) is 0 Å². The Morgan fingerprint density at radius 1 is 0.791 bits per heavy atom. The van der Waals surface area contributed by atoms with E-state index in [1.54, 1.807) is 48.5 Å². The summed E-state index contributed by atoms with van der Waals surface area (Å²) in [6.07, 6.45) is -0.796. The highest BCUT2D eigenvalue weighted by Crippen LogP contribution is 2.36. The van der Waals surface area contributed by atoms with Crippen LogP contribution in [0, 0.1) is 13.8 Å². The van der Waals surface area contributed by atoms with Crippen LogP contribution in [0.2, 0.25) is 0 Å². The highest BCUT2D eigenvalue weighted by atomic mass is 32.2. The molecular weight excluding hydrogens is 587 g/mol. The van der Waals surface area contributed by atoms with Crippen molar-refractivity contribution in [2.75, 3.05) is 64.9 Å². The summed E-state index contributed by atoms with van der Waals surface area (Å²) in [5.41, 5.74) is 3.58. The molecule has 0 aliphatic carbocycles. The molecule has 0 bridgehead atoms. The van der Waals surface area contributed by atoms with Gasteiger partial charge in [-0.1, -0.05) is 47.5 Å². The third-order valence-electron chi connectivity index (χ3n) is 7.81. The number of sulfonamides is 2. The van der Waals surface area contributed by atoms with Crippen LogP contribution in [-0.2, 0) is 24.8 Å². The van der Waals surface area contributed by atoms with Gasteiger partial charge < -0.3 is 14.5 Å². The van der Waals surface area contributed by atoms with Crippen LogP contribution in [0.15, 0.2) is 87.0 Å². The van der Waals surface area contributed by atoms with Gasteiger partial charge in [-0.3, -0.25) is 4.90 Å². The summed E-state index contributed by atoms with van der Waals surface area (Å²) in [7, 11) is -4.14. The average Bonchev–Trinajstić information content (AvgIpc) is 3.44. The molecule has 5 rings (SSSR count). The highest BCUT2D eigenvalue weighted by molar-refractivity contribution is 7.90. The third-order valence-corrected chi connectivity index (χ3v) is 11.0. The molecule has 0 spiro atoms. The lowest BCUT2D eigenvalue weighted by molar-refractivity contribution is 0.0438. The first-order valence-electron chi connectivity index (χ1n) is 14.3. The second-order valence-electron chi connectivity index (χ2n) is 11.2. The van der Waals surface area contributed by atoms with E-state index in [2.05, 4.69) is 9.30 Å². The van der Waals surface area contributed by atoms with Crippen molar-refractivity contribution in [2.45, 2.75) is 29.8 Å². The quantitative estimate of drug-likeness (QED) is 0.277. The molecule has 0 radical (unpaired) electrons. The molecule has 2 fully saturated rings. The van der Waals surface area contributed by atoms with E-state index in [-0.39, 0.29) is 29.4 Å². The average molecular weight is 626 g/mol. The first-order chi connectivity index (χ1) is 20.5. The zero-order valence-electron chi connectivity index (χ0n) is 25.0. The van der Waals surface area contributed by atoms with Gasteiger partial charge in [0.2, 0.25) is 10.0 Å². The fourth-order valence-electron chi connectivity index (χ4n) is 5.30. The number of morpholine rings is 1. The van der Waals surface area contributed by atoms with Crippen molar-refractivity contribution >= 4 is 31.6 Å². The number of aryl methyl sites for hydroxylation is 2. The minimum absolute atomic E-state index is 0.0905. The predicted molar refractivity (Wildman–Crippen MR) is 168 cm³/mol. The van der Waals surface area contributed by atoms with E-state index in [0.717, 1.165) is 22.4 Å². The van der Waals surface area contributed by atoms with Crippen molar-refractivity contribution in [3.05, 3.63) is 89.5 Å². The zero-order chi connectivity index (χ0) is 30.8. The first-order valence-corrected chi connectivity index (χ1v) is 17.2. The van der Waals surface area contributed by atoms with Gasteiger partial charge in [0, 0.05) is 46.0 Å². The Balaban J connectivity index is 1.62. The van der Waals surface area contributed by atoms with Gasteiger partial charge >= 0.3 is 0 Å². The number of anilines is 1. The molecule has 3 aromatic rings. The number of ether oxygens (including phenoxy) is 1. The lowest BCUT2D eigenvalue weighted by atomic mass is 10.1. The van der Waals surface area contributed by atoms with E-state index in [1.807, 2.05) is 62.0 Å². The third kappa shape index (κ3) is 6.94. The molecule has 0 amide bonds. The highest BCUT2D eigenvalue weighted by Gasteiger charge is 2.43. The maximum Gasteiger partial charge on any atom is 0.283 e. The molecule has 0 aromatic heterocycles. The molecule has 0 saturated carbocycles. The summed E-state index contributed by atoms with van der Waals surface area (Å²) >= 11 is 0. The lowest BCUT2D eigenvalue weighted by Crippen LogP contribution is -2.46. The first kappa shape index (κ1) is 31.1. The zero-order valence-corrected chi connectivity index (χ0v) is 26.7. The van der Waals surface area contributed by atoms with Gasteiger partial charge in [-0.25, -0.2) is 8.42 Å². The monoisotopic (exact) mass is 625 g/mol. The molecular formula is C31H39N5O5S2. The SMILES string of the molecule is Cc1ccc(S(=O)(=O)N=C(CN2CCOCC2)N2CCN(S(=O)(=O)c3ccc(C)cc3)[C@H]2c2ccc(N(C)C)cc2)cc1. The summed E-state index contributed by atoms with van der Waals surface area (Å²) in [6, 6.07) is 21.0. The van der Waals surface area contributed by atoms with Crippen LogP contribution in [0.1, 0.15) is 22.9 Å². The molecule has 10 nitrogen and oxygen atoms in total. The van der Waals surface area contributed by atoms with E-state index in [9.17, 15) is 16.8 Å². The minimum atomic E-state index is -4.08. The maximum absolute atomic E-state index is 14.1. The fraction of sp³-hybridized carbons (Fsp3) is 0.387. The molecule has 2 aliphatic heterocycles. The minimum Gasteiger partial charge on any atom is -0.379 e. The van der Waals surface area contributed by atoms with Crippen LogP contribution in [0.3, 0.4) is 0 Å². The molecule has 1 atom stereocenters. The van der Waals surface area contributed by atoms with E-state index >= 15 is 0 Å². The van der Waals surface area contributed by atoms with Crippen molar-refractivity contribution < 1.29 is 21.6 Å². The summed E-state index contributed by atoms with van der Waals surface area (Å²) < 4.78 is 66.9. The normalized spacial score (nSPS) is 19.1. The fourth-order valence-corrected chi connectivity index (χ4v) is 7.89. The Kier molecular flexibility index (Phi) is 9.23. The van der Waals surface area contributed by atoms with Crippen molar-refractivity contribution in [2.24, 2.45) is 4.40 Å². The van der Waals surface area contributed by atoms with E-state index in [4.69, 9.17) is 4.74 Å². The van der Waals surface area contributed by atoms with E-state index in [1.165, 1.54) is 4.31 Å². The Morgan fingerprint density at radius 3 is 1.91 bits per heavy atom. The van der Waals surface area contributed by atoms with E-state index in [0.29, 0.717) is 32.1 Å². The van der Waals surface area contributed by atoms with Gasteiger partial charge in [-0.15, -0.1) is 4.40 Å². The number of amidine groups is 1. The van der Waals surface area contributed by atoms with Crippen LogP contribution in [0.5, 0.6) is 0 Å². The second-order valence-corrected chi connectivity index (χ2v) is 14.7. The Labute approximate surface area is 255 Å². The molecule has 2 saturated heterocycles. The number of benzene rings is 3. The topological polar surface area (TPSA) is 103 Å². The predicted octanol–water partition coefficient (Wildman–Crippen LogP) is 3.49. The molecule has 230 valence electrons. The molecule has 2 aliphatic rings. The van der Waals surface area contributed by atoms with Gasteiger partial charge in [-0.05, 0) is 55.8 Å². The molecule has 43 heavy (non-hydrogen) atoms. The summed E-state index contributed by atoms with van der Waals surface area (Å²) in [4.78, 5) is 6.17. The van der Waals surface area contributed by atoms with Crippen molar-refractivity contribution in [1.29, 1.82) is 0 Å². The maximum atomic E-state index is 14.1. The van der Waals surface area contributed by atoms with Crippen molar-refractivity contribution in [3.8, 4) is 0 Å². The van der Waals surface area contributed by atoms with Gasteiger partial charge in [0.05, 0.1) is 29.5 Å². The van der Waals surface area contributed by atoms with Crippen LogP contribution in [-0.4, -0.2) is 96.8 Å². The van der Waals surface area contributed by atoms with Gasteiger partial charge in [0.25, 0.3) is 10.0 Å². The van der Waals surface area contributed by atoms with E-state index < -0.39 is 26.2 Å². The standard InChI is InChI=1S/C31H39N5O5S2/c1-24-5-13-28(14-6-24)42(37,38)32-30(23-34-19-21-41-22-20-34)35-17-18-36(43(39,40)29-15-7-25(2)8-16-29)31(35)26-9-11-27(12-10-26)33(3)4/h5-16,31H,17-23H2,1-4H3/t31-/m0/s1. The number of hydrogen-bond donors (Lipinski definition) is 0. The van der Waals surface area contributed by atoms with Crippen molar-refractivity contribution in [1.82, 2.24) is 14.1 Å². The molecule has 3 aromatic carbocycles. The van der Waals surface area contributed by atoms with Crippen LogP contribution < -0.4 is 4.90 Å². The number of hydrogen-bond acceptors (Lipinski definition) is 7. The summed E-state index contributed by atoms with van der Waals surface area (Å²) in [5, 5.41) is 0. The Hall–Kier alpha value is -3.29. The lowest BCUT2D eigenvalue weighted by Gasteiger charge is -2.35. The molecule has 0 N–H and O–H groups in total. The smallest absolute Gasteiger partial charge is 0.283 e. The van der Waals surface area contributed by atoms with Crippen LogP contribution in [0.25, 0.3) is 0 Å². The van der Waals surface area contributed by atoms with Crippen LogP contribution >= 0.6 is 0 Å². The second kappa shape index (κ2) is 12.7. The molecule has 12 heteroatoms. The number of rotatable bonds is 8. The van der Waals surface area contributed by atoms with Gasteiger partial charge in [0.1, 0.15) is 12.0 Å². The van der Waals surface area contributed by atoms with Crippen molar-refractivity contribution in [3.63, 3.8) is 0 Å². The Bertz CT molecular complexity index is 1650. The van der Waals surface area contributed by atoms with Gasteiger partial charge in [-0.2, -0.15) is 12.7 Å². The summed E-state index contributed by atoms with van der Waals surface area (Å²) in [5.74, 6) is 0.297. The van der Waals surface area contributed by atoms with Crippen LogP contribution in [0.4, 0.5) is 5.69 Å². The molecule has 2 heterocycles. The Morgan fingerprint density at radius 2 is 1.35 bits per heavy atom. The summed E-state index contributed by atoms with van der Waals surface area (Å²) in [6.45, 7) is 6.77.